The van der Waals surface area contributed by atoms with Gasteiger partial charge in [0.05, 0.1) is 0 Å². The van der Waals surface area contributed by atoms with Crippen molar-refractivity contribution in [3.8, 4) is 0 Å². The number of fused-ring (bicyclic) bond motifs is 1. The summed E-state index contributed by atoms with van der Waals surface area (Å²) in [5.41, 5.74) is 3.68. The van der Waals surface area contributed by atoms with Gasteiger partial charge < -0.3 is 5.32 Å². The van der Waals surface area contributed by atoms with Gasteiger partial charge in [-0.05, 0) is 48.1 Å². The Kier molecular flexibility index (Phi) is 3.66. The topological polar surface area (TPSA) is 12.0 Å². The molecule has 104 valence electrons. The van der Waals surface area contributed by atoms with Crippen LogP contribution in [0.4, 0.5) is 0 Å². The molecule has 0 aliphatic heterocycles. The highest BCUT2D eigenvalue weighted by Crippen LogP contribution is 2.40. The SMILES string of the molecule is CC1CCC(NCC2(C)CCCC2)c2ccccc21. The minimum absolute atomic E-state index is 0.554. The van der Waals surface area contributed by atoms with E-state index in [1.165, 1.54) is 45.1 Å². The van der Waals surface area contributed by atoms with Crippen LogP contribution >= 0.6 is 0 Å². The van der Waals surface area contributed by atoms with E-state index < -0.39 is 0 Å². The largest absolute Gasteiger partial charge is 0.309 e. The van der Waals surface area contributed by atoms with E-state index >= 15 is 0 Å². The minimum atomic E-state index is 0.554. The average Bonchev–Trinajstić information content (AvgIpc) is 2.86. The number of benzene rings is 1. The standard InChI is InChI=1S/C18H27N/c1-14-9-10-17(16-8-4-3-7-15(14)16)19-13-18(2)11-5-6-12-18/h3-4,7-8,14,17,19H,5-6,9-13H2,1-2H3. The smallest absolute Gasteiger partial charge is 0.0323 e. The molecule has 1 aromatic carbocycles. The summed E-state index contributed by atoms with van der Waals surface area (Å²) < 4.78 is 0. The van der Waals surface area contributed by atoms with Crippen molar-refractivity contribution in [3.05, 3.63) is 35.4 Å². The van der Waals surface area contributed by atoms with Gasteiger partial charge in [0.1, 0.15) is 0 Å². The van der Waals surface area contributed by atoms with Gasteiger partial charge in [-0.1, -0.05) is 51.0 Å². The van der Waals surface area contributed by atoms with Crippen molar-refractivity contribution in [2.24, 2.45) is 5.41 Å². The first-order chi connectivity index (χ1) is 9.18. The molecular formula is C18H27N. The lowest BCUT2D eigenvalue weighted by Gasteiger charge is -2.33. The zero-order valence-corrected chi connectivity index (χ0v) is 12.4. The summed E-state index contributed by atoms with van der Waals surface area (Å²) in [7, 11) is 0. The van der Waals surface area contributed by atoms with Crippen LogP contribution in [0.2, 0.25) is 0 Å². The maximum Gasteiger partial charge on any atom is 0.0323 e. The van der Waals surface area contributed by atoms with E-state index in [1.807, 2.05) is 0 Å². The van der Waals surface area contributed by atoms with E-state index in [4.69, 9.17) is 0 Å². The van der Waals surface area contributed by atoms with Gasteiger partial charge in [-0.3, -0.25) is 0 Å². The minimum Gasteiger partial charge on any atom is -0.309 e. The van der Waals surface area contributed by atoms with Crippen molar-refractivity contribution >= 4 is 0 Å². The fourth-order valence-corrected chi connectivity index (χ4v) is 3.99. The highest BCUT2D eigenvalue weighted by molar-refractivity contribution is 5.34. The number of hydrogen-bond acceptors (Lipinski definition) is 1. The molecule has 1 N–H and O–H groups in total. The summed E-state index contributed by atoms with van der Waals surface area (Å²) >= 11 is 0. The lowest BCUT2D eigenvalue weighted by Crippen LogP contribution is -2.34. The fourth-order valence-electron chi connectivity index (χ4n) is 3.99. The van der Waals surface area contributed by atoms with Crippen molar-refractivity contribution < 1.29 is 0 Å². The van der Waals surface area contributed by atoms with E-state index in [2.05, 4.69) is 43.4 Å². The molecule has 2 aliphatic carbocycles. The van der Waals surface area contributed by atoms with E-state index in [1.54, 1.807) is 11.1 Å². The predicted molar refractivity (Wildman–Crippen MR) is 81.4 cm³/mol. The van der Waals surface area contributed by atoms with Crippen LogP contribution in [0.15, 0.2) is 24.3 Å². The van der Waals surface area contributed by atoms with Crippen LogP contribution in [-0.2, 0) is 0 Å². The van der Waals surface area contributed by atoms with Crippen LogP contribution in [0, 0.1) is 5.41 Å². The number of rotatable bonds is 3. The summed E-state index contributed by atoms with van der Waals surface area (Å²) in [6.45, 7) is 6.03. The Morgan fingerprint density at radius 2 is 1.79 bits per heavy atom. The molecule has 0 bridgehead atoms. The summed E-state index contributed by atoms with van der Waals surface area (Å²) in [5, 5.41) is 3.88. The van der Waals surface area contributed by atoms with Gasteiger partial charge in [0.2, 0.25) is 0 Å². The third kappa shape index (κ3) is 2.72. The first kappa shape index (κ1) is 13.2. The molecule has 1 saturated carbocycles. The number of hydrogen-bond donors (Lipinski definition) is 1. The molecule has 2 atom stereocenters. The molecule has 0 radical (unpaired) electrons. The van der Waals surface area contributed by atoms with Crippen molar-refractivity contribution in [2.45, 2.75) is 64.3 Å². The van der Waals surface area contributed by atoms with Crippen LogP contribution in [0.1, 0.15) is 75.5 Å². The van der Waals surface area contributed by atoms with E-state index in [0.717, 1.165) is 5.92 Å². The van der Waals surface area contributed by atoms with Gasteiger partial charge in [0.15, 0.2) is 0 Å². The average molecular weight is 257 g/mol. The van der Waals surface area contributed by atoms with Crippen LogP contribution in [0.3, 0.4) is 0 Å². The molecule has 1 heteroatoms. The Balaban J connectivity index is 1.70. The molecule has 1 nitrogen and oxygen atoms in total. The molecule has 0 heterocycles. The van der Waals surface area contributed by atoms with Crippen LogP contribution in [0.25, 0.3) is 0 Å². The molecule has 2 unspecified atom stereocenters. The summed E-state index contributed by atoms with van der Waals surface area (Å²) in [4.78, 5) is 0. The normalized spacial score (nSPS) is 29.2. The molecular weight excluding hydrogens is 230 g/mol. The Labute approximate surface area is 117 Å². The van der Waals surface area contributed by atoms with Crippen LogP contribution < -0.4 is 5.32 Å². The quantitative estimate of drug-likeness (QED) is 0.820. The van der Waals surface area contributed by atoms with Crippen LogP contribution in [-0.4, -0.2) is 6.54 Å². The Hall–Kier alpha value is -0.820. The van der Waals surface area contributed by atoms with Crippen molar-refractivity contribution in [1.82, 2.24) is 5.32 Å². The Morgan fingerprint density at radius 1 is 1.11 bits per heavy atom. The second-order valence-electron chi connectivity index (χ2n) is 7.06. The Morgan fingerprint density at radius 3 is 2.53 bits per heavy atom. The number of nitrogens with one attached hydrogen (secondary N) is 1. The second kappa shape index (κ2) is 5.28. The fraction of sp³-hybridized carbons (Fsp3) is 0.667. The summed E-state index contributed by atoms with van der Waals surface area (Å²) in [5.74, 6) is 0.733. The first-order valence-electron chi connectivity index (χ1n) is 8.00. The highest BCUT2D eigenvalue weighted by atomic mass is 14.9. The maximum absolute atomic E-state index is 3.88. The third-order valence-electron chi connectivity index (χ3n) is 5.38. The molecule has 0 aromatic heterocycles. The van der Waals surface area contributed by atoms with E-state index in [-0.39, 0.29) is 0 Å². The van der Waals surface area contributed by atoms with Gasteiger partial charge in [-0.15, -0.1) is 0 Å². The zero-order chi connectivity index (χ0) is 13.3. The summed E-state index contributed by atoms with van der Waals surface area (Å²) in [6, 6.07) is 9.63. The van der Waals surface area contributed by atoms with Crippen molar-refractivity contribution in [2.75, 3.05) is 6.54 Å². The molecule has 3 rings (SSSR count). The molecule has 1 fully saturated rings. The van der Waals surface area contributed by atoms with Crippen molar-refractivity contribution in [3.63, 3.8) is 0 Å². The lowest BCUT2D eigenvalue weighted by molar-refractivity contribution is 0.286. The zero-order valence-electron chi connectivity index (χ0n) is 12.4. The van der Waals surface area contributed by atoms with Gasteiger partial charge in [0.25, 0.3) is 0 Å². The summed E-state index contributed by atoms with van der Waals surface area (Å²) in [6.07, 6.45) is 8.29. The molecule has 2 aliphatic rings. The molecule has 1 aromatic rings. The van der Waals surface area contributed by atoms with E-state index in [9.17, 15) is 0 Å². The lowest BCUT2D eigenvalue weighted by atomic mass is 9.80. The second-order valence-corrected chi connectivity index (χ2v) is 7.06. The van der Waals surface area contributed by atoms with Crippen LogP contribution in [0.5, 0.6) is 0 Å². The maximum atomic E-state index is 3.88. The molecule has 0 amide bonds. The highest BCUT2D eigenvalue weighted by Gasteiger charge is 2.30. The van der Waals surface area contributed by atoms with Crippen molar-refractivity contribution in [1.29, 1.82) is 0 Å². The predicted octanol–water partition coefficient (Wildman–Crippen LogP) is 4.79. The molecule has 0 saturated heterocycles. The molecule has 0 spiro atoms. The van der Waals surface area contributed by atoms with E-state index in [0.29, 0.717) is 11.5 Å². The Bertz CT molecular complexity index is 431. The first-order valence-corrected chi connectivity index (χ1v) is 8.00. The van der Waals surface area contributed by atoms with Gasteiger partial charge in [-0.2, -0.15) is 0 Å². The van der Waals surface area contributed by atoms with Gasteiger partial charge >= 0.3 is 0 Å². The van der Waals surface area contributed by atoms with Gasteiger partial charge in [-0.25, -0.2) is 0 Å². The third-order valence-corrected chi connectivity index (χ3v) is 5.38. The monoisotopic (exact) mass is 257 g/mol. The molecule has 19 heavy (non-hydrogen) atoms. The van der Waals surface area contributed by atoms with Gasteiger partial charge in [0, 0.05) is 12.6 Å².